The summed E-state index contributed by atoms with van der Waals surface area (Å²) in [4.78, 5) is 15.7. The molecule has 7 heteroatoms. The van der Waals surface area contributed by atoms with Crippen LogP contribution in [0.3, 0.4) is 0 Å². The molecule has 25 heavy (non-hydrogen) atoms. The number of aryl methyl sites for hydroxylation is 1. The van der Waals surface area contributed by atoms with E-state index in [0.29, 0.717) is 17.3 Å². The summed E-state index contributed by atoms with van der Waals surface area (Å²) in [5.41, 5.74) is 3.47. The minimum absolute atomic E-state index is 0.0283. The molecule has 0 aliphatic rings. The maximum absolute atomic E-state index is 11.3. The van der Waals surface area contributed by atoms with Gasteiger partial charge in [0, 0.05) is 21.4 Å². The fourth-order valence-electron chi connectivity index (χ4n) is 2.24. The zero-order valence-corrected chi connectivity index (χ0v) is 15.3. The lowest BCUT2D eigenvalue weighted by molar-refractivity contribution is 0.101. The molecule has 1 heterocycles. The Morgan fingerprint density at radius 1 is 1.08 bits per heavy atom. The van der Waals surface area contributed by atoms with Gasteiger partial charge >= 0.3 is 0 Å². The standard InChI is InChI=1S/C18H16BrN5O/c1-11-9-14(19)5-8-16(11)22-17-10-20-24-18(23-17)21-15-6-3-13(4-7-15)12(2)25/h3-10H,1-2H3,(H2,21,22,23,24). The number of anilines is 4. The number of ketones is 1. The fraction of sp³-hybridized carbons (Fsp3) is 0.111. The van der Waals surface area contributed by atoms with Gasteiger partial charge < -0.3 is 10.6 Å². The highest BCUT2D eigenvalue weighted by Crippen LogP contribution is 2.23. The Labute approximate surface area is 153 Å². The van der Waals surface area contributed by atoms with Crippen LogP contribution in [0.15, 0.2) is 53.1 Å². The smallest absolute Gasteiger partial charge is 0.249 e. The van der Waals surface area contributed by atoms with Crippen molar-refractivity contribution in [3.05, 3.63) is 64.3 Å². The molecule has 3 rings (SSSR count). The SMILES string of the molecule is CC(=O)c1ccc(Nc2nncc(Nc3ccc(Br)cc3C)n2)cc1. The molecule has 0 aliphatic heterocycles. The second-order valence-corrected chi connectivity index (χ2v) is 6.42. The van der Waals surface area contributed by atoms with Crippen molar-refractivity contribution in [1.29, 1.82) is 0 Å². The first-order valence-corrected chi connectivity index (χ1v) is 8.41. The van der Waals surface area contributed by atoms with Crippen LogP contribution in [0.2, 0.25) is 0 Å². The average Bonchev–Trinajstić information content (AvgIpc) is 2.58. The molecule has 6 nitrogen and oxygen atoms in total. The monoisotopic (exact) mass is 397 g/mol. The molecular weight excluding hydrogens is 382 g/mol. The minimum atomic E-state index is 0.0283. The predicted molar refractivity (Wildman–Crippen MR) is 102 cm³/mol. The van der Waals surface area contributed by atoms with Gasteiger partial charge in [-0.25, -0.2) is 0 Å². The molecule has 0 spiro atoms. The number of hydrogen-bond donors (Lipinski definition) is 2. The molecule has 0 amide bonds. The lowest BCUT2D eigenvalue weighted by atomic mass is 10.1. The molecule has 2 N–H and O–H groups in total. The van der Waals surface area contributed by atoms with E-state index in [9.17, 15) is 4.79 Å². The molecule has 0 saturated carbocycles. The van der Waals surface area contributed by atoms with Crippen molar-refractivity contribution in [3.8, 4) is 0 Å². The van der Waals surface area contributed by atoms with E-state index in [0.717, 1.165) is 21.4 Å². The van der Waals surface area contributed by atoms with Crippen molar-refractivity contribution in [2.75, 3.05) is 10.6 Å². The zero-order valence-electron chi connectivity index (χ0n) is 13.7. The van der Waals surface area contributed by atoms with E-state index < -0.39 is 0 Å². The van der Waals surface area contributed by atoms with Gasteiger partial charge in [-0.2, -0.15) is 10.1 Å². The van der Waals surface area contributed by atoms with Gasteiger partial charge in [-0.1, -0.05) is 15.9 Å². The number of nitrogens with one attached hydrogen (secondary N) is 2. The molecule has 0 aliphatic carbocycles. The number of nitrogens with zero attached hydrogens (tertiary/aromatic N) is 3. The number of carbonyl (C=O) groups is 1. The number of Topliss-reactive ketones (excluding diaryl/α,β-unsaturated/α-hetero) is 1. The molecule has 2 aromatic carbocycles. The van der Waals surface area contributed by atoms with Crippen LogP contribution in [0.1, 0.15) is 22.8 Å². The van der Waals surface area contributed by atoms with Crippen LogP contribution < -0.4 is 10.6 Å². The van der Waals surface area contributed by atoms with Crippen molar-refractivity contribution >= 4 is 44.9 Å². The second-order valence-electron chi connectivity index (χ2n) is 5.51. The van der Waals surface area contributed by atoms with E-state index in [2.05, 4.69) is 41.7 Å². The number of rotatable bonds is 5. The molecule has 0 unspecified atom stereocenters. The Morgan fingerprint density at radius 3 is 2.52 bits per heavy atom. The fourth-order valence-corrected chi connectivity index (χ4v) is 2.71. The summed E-state index contributed by atoms with van der Waals surface area (Å²) in [5, 5.41) is 14.3. The molecular formula is C18H16BrN5O. The summed E-state index contributed by atoms with van der Waals surface area (Å²) in [7, 11) is 0. The molecule has 126 valence electrons. The van der Waals surface area contributed by atoms with Crippen molar-refractivity contribution in [2.24, 2.45) is 0 Å². The molecule has 0 fully saturated rings. The lowest BCUT2D eigenvalue weighted by Crippen LogP contribution is -2.03. The van der Waals surface area contributed by atoms with Gasteiger partial charge in [0.05, 0.1) is 6.20 Å². The van der Waals surface area contributed by atoms with Crippen molar-refractivity contribution in [2.45, 2.75) is 13.8 Å². The maximum atomic E-state index is 11.3. The van der Waals surface area contributed by atoms with Crippen molar-refractivity contribution in [1.82, 2.24) is 15.2 Å². The van der Waals surface area contributed by atoms with Gasteiger partial charge in [0.2, 0.25) is 5.95 Å². The van der Waals surface area contributed by atoms with Crippen LogP contribution in [-0.2, 0) is 0 Å². The van der Waals surface area contributed by atoms with Crippen LogP contribution in [0.4, 0.5) is 23.1 Å². The van der Waals surface area contributed by atoms with Gasteiger partial charge in [-0.05, 0) is 61.9 Å². The Kier molecular flexibility index (Phi) is 5.04. The molecule has 1 aromatic heterocycles. The highest BCUT2D eigenvalue weighted by Gasteiger charge is 2.05. The van der Waals surface area contributed by atoms with Gasteiger partial charge in [0.25, 0.3) is 0 Å². The summed E-state index contributed by atoms with van der Waals surface area (Å²) in [5.74, 6) is 0.985. The molecule has 0 radical (unpaired) electrons. The van der Waals surface area contributed by atoms with Crippen LogP contribution in [-0.4, -0.2) is 21.0 Å². The summed E-state index contributed by atoms with van der Waals surface area (Å²) in [6.45, 7) is 3.55. The summed E-state index contributed by atoms with van der Waals surface area (Å²) < 4.78 is 1.02. The lowest BCUT2D eigenvalue weighted by Gasteiger charge is -2.10. The summed E-state index contributed by atoms with van der Waals surface area (Å²) >= 11 is 3.45. The van der Waals surface area contributed by atoms with E-state index >= 15 is 0 Å². The Bertz CT molecular complexity index is 912. The minimum Gasteiger partial charge on any atom is -0.339 e. The maximum Gasteiger partial charge on any atom is 0.249 e. The molecule has 0 bridgehead atoms. The molecule has 0 atom stereocenters. The molecule has 3 aromatic rings. The first-order chi connectivity index (χ1) is 12.0. The average molecular weight is 398 g/mol. The first-order valence-electron chi connectivity index (χ1n) is 7.62. The van der Waals surface area contributed by atoms with Gasteiger partial charge in [0.15, 0.2) is 11.6 Å². The van der Waals surface area contributed by atoms with E-state index in [-0.39, 0.29) is 5.78 Å². The summed E-state index contributed by atoms with van der Waals surface area (Å²) in [6, 6.07) is 13.1. The Balaban J connectivity index is 1.76. The van der Waals surface area contributed by atoms with Gasteiger partial charge in [-0.3, -0.25) is 4.79 Å². The number of halogens is 1. The quantitative estimate of drug-likeness (QED) is 0.610. The van der Waals surface area contributed by atoms with Crippen LogP contribution >= 0.6 is 15.9 Å². The molecule has 0 saturated heterocycles. The Morgan fingerprint density at radius 2 is 1.84 bits per heavy atom. The third-order valence-corrected chi connectivity index (χ3v) is 4.05. The van der Waals surface area contributed by atoms with Crippen molar-refractivity contribution in [3.63, 3.8) is 0 Å². The van der Waals surface area contributed by atoms with Crippen LogP contribution in [0.25, 0.3) is 0 Å². The van der Waals surface area contributed by atoms with E-state index in [4.69, 9.17) is 0 Å². The third kappa shape index (κ3) is 4.39. The largest absolute Gasteiger partial charge is 0.339 e. The predicted octanol–water partition coefficient (Wildman–Crippen LogP) is 4.63. The number of hydrogen-bond acceptors (Lipinski definition) is 6. The topological polar surface area (TPSA) is 79.8 Å². The van der Waals surface area contributed by atoms with Crippen LogP contribution in [0, 0.1) is 6.92 Å². The van der Waals surface area contributed by atoms with E-state index in [1.807, 2.05) is 25.1 Å². The highest BCUT2D eigenvalue weighted by atomic mass is 79.9. The number of aromatic nitrogens is 3. The highest BCUT2D eigenvalue weighted by molar-refractivity contribution is 9.10. The Hall–Kier alpha value is -2.80. The second kappa shape index (κ2) is 7.40. The van der Waals surface area contributed by atoms with Gasteiger partial charge in [0.1, 0.15) is 0 Å². The first kappa shape index (κ1) is 17.0. The van der Waals surface area contributed by atoms with Crippen molar-refractivity contribution < 1.29 is 4.79 Å². The van der Waals surface area contributed by atoms with E-state index in [1.165, 1.54) is 6.92 Å². The normalized spacial score (nSPS) is 10.4. The zero-order chi connectivity index (χ0) is 17.8. The number of carbonyl (C=O) groups excluding carboxylic acids is 1. The van der Waals surface area contributed by atoms with E-state index in [1.54, 1.807) is 30.5 Å². The third-order valence-electron chi connectivity index (χ3n) is 3.56. The number of benzene rings is 2. The van der Waals surface area contributed by atoms with Crippen LogP contribution in [0.5, 0.6) is 0 Å². The summed E-state index contributed by atoms with van der Waals surface area (Å²) in [6.07, 6.45) is 1.56. The van der Waals surface area contributed by atoms with Gasteiger partial charge in [-0.15, -0.1) is 5.10 Å².